The summed E-state index contributed by atoms with van der Waals surface area (Å²) in [6, 6.07) is -0.0141. The Balaban J connectivity index is 1.75. The molecule has 2 amide bonds. The largest absolute Gasteiger partial charge is 0.481 e. The monoisotopic (exact) mass is 283 g/mol. The number of carboxylic acids is 1. The molecule has 0 aromatic carbocycles. The highest BCUT2D eigenvalue weighted by atomic mass is 16.4. The van der Waals surface area contributed by atoms with Gasteiger partial charge in [-0.05, 0) is 25.7 Å². The quantitative estimate of drug-likeness (QED) is 0.787. The average Bonchev–Trinajstić information content (AvgIpc) is 3.23. The highest BCUT2D eigenvalue weighted by Gasteiger charge is 2.28. The standard InChI is InChI=1S/C14H25N3O3/c1-2-16(6-5-13(18)19)14(20)17-9-7-15(8-10-17)11-12-3-4-12/h12H,2-11H2,1H3,(H,18,19). The molecule has 1 saturated carbocycles. The van der Waals surface area contributed by atoms with Gasteiger partial charge in [0.15, 0.2) is 0 Å². The van der Waals surface area contributed by atoms with E-state index in [1.165, 1.54) is 19.4 Å². The summed E-state index contributed by atoms with van der Waals surface area (Å²) in [5, 5.41) is 8.72. The van der Waals surface area contributed by atoms with Crippen LogP contribution in [0.1, 0.15) is 26.2 Å². The second-order valence-corrected chi connectivity index (χ2v) is 5.74. The number of carbonyl (C=O) groups is 2. The van der Waals surface area contributed by atoms with Crippen LogP contribution in [-0.4, -0.2) is 77.6 Å². The van der Waals surface area contributed by atoms with Crippen LogP contribution in [-0.2, 0) is 4.79 Å². The van der Waals surface area contributed by atoms with Crippen LogP contribution in [0.25, 0.3) is 0 Å². The van der Waals surface area contributed by atoms with Gasteiger partial charge in [0.2, 0.25) is 0 Å². The predicted octanol–water partition coefficient (Wildman–Crippen LogP) is 0.931. The first-order chi connectivity index (χ1) is 9.60. The maximum absolute atomic E-state index is 12.3. The lowest BCUT2D eigenvalue weighted by atomic mass is 10.3. The van der Waals surface area contributed by atoms with Crippen LogP contribution in [0.4, 0.5) is 4.79 Å². The van der Waals surface area contributed by atoms with Gasteiger partial charge < -0.3 is 14.9 Å². The molecular formula is C14H25N3O3. The summed E-state index contributed by atoms with van der Waals surface area (Å²) in [5.41, 5.74) is 0. The van der Waals surface area contributed by atoms with Crippen LogP contribution >= 0.6 is 0 Å². The summed E-state index contributed by atoms with van der Waals surface area (Å²) < 4.78 is 0. The molecule has 0 atom stereocenters. The molecule has 0 unspecified atom stereocenters. The third-order valence-electron chi connectivity index (χ3n) is 4.10. The van der Waals surface area contributed by atoms with Crippen molar-refractivity contribution in [3.63, 3.8) is 0 Å². The first-order valence-corrected chi connectivity index (χ1v) is 7.58. The number of aliphatic carboxylic acids is 1. The van der Waals surface area contributed by atoms with Crippen LogP contribution in [0.2, 0.25) is 0 Å². The lowest BCUT2D eigenvalue weighted by Crippen LogP contribution is -2.53. The normalized spacial score (nSPS) is 19.9. The molecule has 20 heavy (non-hydrogen) atoms. The Bertz CT molecular complexity index is 350. The summed E-state index contributed by atoms with van der Waals surface area (Å²) >= 11 is 0. The van der Waals surface area contributed by atoms with E-state index in [4.69, 9.17) is 5.11 Å². The van der Waals surface area contributed by atoms with Gasteiger partial charge in [0.1, 0.15) is 0 Å². The van der Waals surface area contributed by atoms with E-state index in [1.807, 2.05) is 11.8 Å². The molecule has 1 aliphatic heterocycles. The number of carbonyl (C=O) groups excluding carboxylic acids is 1. The van der Waals surface area contributed by atoms with Crippen molar-refractivity contribution in [2.45, 2.75) is 26.2 Å². The Morgan fingerprint density at radius 1 is 1.20 bits per heavy atom. The summed E-state index contributed by atoms with van der Waals surface area (Å²) in [6.45, 7) is 7.34. The van der Waals surface area contributed by atoms with Gasteiger partial charge in [0.25, 0.3) is 0 Å². The number of piperazine rings is 1. The molecule has 0 spiro atoms. The highest BCUT2D eigenvalue weighted by molar-refractivity contribution is 5.75. The number of carboxylic acid groups (broad SMARTS) is 1. The molecule has 2 fully saturated rings. The molecule has 6 heteroatoms. The van der Waals surface area contributed by atoms with Crippen LogP contribution < -0.4 is 0 Å². The van der Waals surface area contributed by atoms with Gasteiger partial charge in [0, 0.05) is 45.8 Å². The van der Waals surface area contributed by atoms with E-state index in [9.17, 15) is 9.59 Å². The van der Waals surface area contributed by atoms with E-state index in [-0.39, 0.29) is 12.5 Å². The van der Waals surface area contributed by atoms with Crippen molar-refractivity contribution in [2.75, 3.05) is 45.8 Å². The molecule has 2 aliphatic rings. The average molecular weight is 283 g/mol. The van der Waals surface area contributed by atoms with Gasteiger partial charge in [-0.2, -0.15) is 0 Å². The molecule has 2 rings (SSSR count). The molecule has 114 valence electrons. The number of urea groups is 1. The molecule has 0 aromatic heterocycles. The minimum atomic E-state index is -0.856. The van der Waals surface area contributed by atoms with Crippen molar-refractivity contribution >= 4 is 12.0 Å². The topological polar surface area (TPSA) is 64.1 Å². The predicted molar refractivity (Wildman–Crippen MR) is 75.6 cm³/mol. The lowest BCUT2D eigenvalue weighted by Gasteiger charge is -2.37. The van der Waals surface area contributed by atoms with Crippen molar-refractivity contribution in [3.05, 3.63) is 0 Å². The Labute approximate surface area is 120 Å². The summed E-state index contributed by atoms with van der Waals surface area (Å²) in [6.07, 6.45) is 2.73. The molecule has 1 N–H and O–H groups in total. The smallest absolute Gasteiger partial charge is 0.320 e. The number of amides is 2. The summed E-state index contributed by atoms with van der Waals surface area (Å²) in [7, 11) is 0. The Morgan fingerprint density at radius 2 is 1.85 bits per heavy atom. The third kappa shape index (κ3) is 4.37. The molecule has 0 bridgehead atoms. The highest BCUT2D eigenvalue weighted by Crippen LogP contribution is 2.29. The van der Waals surface area contributed by atoms with Gasteiger partial charge in [-0.25, -0.2) is 4.79 Å². The fourth-order valence-corrected chi connectivity index (χ4v) is 2.61. The lowest BCUT2D eigenvalue weighted by molar-refractivity contribution is -0.137. The molecule has 0 radical (unpaired) electrons. The van der Waals surface area contributed by atoms with Gasteiger partial charge in [-0.1, -0.05) is 0 Å². The van der Waals surface area contributed by atoms with Gasteiger partial charge in [-0.3, -0.25) is 9.69 Å². The van der Waals surface area contributed by atoms with E-state index in [2.05, 4.69) is 4.90 Å². The maximum atomic E-state index is 12.3. The Morgan fingerprint density at radius 3 is 2.35 bits per heavy atom. The van der Waals surface area contributed by atoms with Crippen LogP contribution in [0, 0.1) is 5.92 Å². The van der Waals surface area contributed by atoms with E-state index >= 15 is 0 Å². The first kappa shape index (κ1) is 15.1. The van der Waals surface area contributed by atoms with E-state index in [0.717, 1.165) is 32.1 Å². The van der Waals surface area contributed by atoms with Gasteiger partial charge >= 0.3 is 12.0 Å². The van der Waals surface area contributed by atoms with Crippen molar-refractivity contribution < 1.29 is 14.7 Å². The first-order valence-electron chi connectivity index (χ1n) is 7.58. The molecule has 1 heterocycles. The van der Waals surface area contributed by atoms with Gasteiger partial charge in [0.05, 0.1) is 6.42 Å². The number of hydrogen-bond acceptors (Lipinski definition) is 3. The Kier molecular flexibility index (Phi) is 5.23. The van der Waals surface area contributed by atoms with Gasteiger partial charge in [-0.15, -0.1) is 0 Å². The maximum Gasteiger partial charge on any atom is 0.320 e. The van der Waals surface area contributed by atoms with Crippen LogP contribution in [0.15, 0.2) is 0 Å². The zero-order valence-corrected chi connectivity index (χ0v) is 12.3. The van der Waals surface area contributed by atoms with E-state index < -0.39 is 5.97 Å². The molecule has 0 aromatic rings. The zero-order chi connectivity index (χ0) is 14.5. The van der Waals surface area contributed by atoms with Crippen LogP contribution in [0.5, 0.6) is 0 Å². The fourth-order valence-electron chi connectivity index (χ4n) is 2.61. The molecular weight excluding hydrogens is 258 g/mol. The summed E-state index contributed by atoms with van der Waals surface area (Å²) in [4.78, 5) is 28.9. The van der Waals surface area contributed by atoms with E-state index in [1.54, 1.807) is 4.90 Å². The minimum Gasteiger partial charge on any atom is -0.481 e. The SMILES string of the molecule is CCN(CCC(=O)O)C(=O)N1CCN(CC2CC2)CC1. The third-order valence-corrected chi connectivity index (χ3v) is 4.10. The number of hydrogen-bond donors (Lipinski definition) is 1. The van der Waals surface area contributed by atoms with Crippen LogP contribution in [0.3, 0.4) is 0 Å². The van der Waals surface area contributed by atoms with Crippen molar-refractivity contribution in [3.8, 4) is 0 Å². The second kappa shape index (κ2) is 6.92. The number of rotatable bonds is 6. The van der Waals surface area contributed by atoms with E-state index in [0.29, 0.717) is 13.1 Å². The van der Waals surface area contributed by atoms with Crippen molar-refractivity contribution in [2.24, 2.45) is 5.92 Å². The molecule has 6 nitrogen and oxygen atoms in total. The molecule has 1 saturated heterocycles. The second-order valence-electron chi connectivity index (χ2n) is 5.74. The van der Waals surface area contributed by atoms with Crippen molar-refractivity contribution in [1.29, 1.82) is 0 Å². The fraction of sp³-hybridized carbons (Fsp3) is 0.857. The number of nitrogens with zero attached hydrogens (tertiary/aromatic N) is 3. The minimum absolute atomic E-state index is 0.0141. The Hall–Kier alpha value is -1.30. The zero-order valence-electron chi connectivity index (χ0n) is 12.3. The molecule has 1 aliphatic carbocycles. The summed E-state index contributed by atoms with van der Waals surface area (Å²) in [5.74, 6) is 0.0328. The van der Waals surface area contributed by atoms with Crippen molar-refractivity contribution in [1.82, 2.24) is 14.7 Å².